The number of carbonyl (C=O) groups is 2. The van der Waals surface area contributed by atoms with Crippen LogP contribution in [-0.4, -0.2) is 56.1 Å². The lowest BCUT2D eigenvalue weighted by atomic mass is 9.84. The van der Waals surface area contributed by atoms with Gasteiger partial charge in [0.1, 0.15) is 0 Å². The number of hydrogen-bond donors (Lipinski definition) is 2. The molecule has 0 unspecified atom stereocenters. The van der Waals surface area contributed by atoms with Crippen molar-refractivity contribution >= 4 is 23.4 Å². The molecule has 0 spiro atoms. The number of halogens is 2. The lowest BCUT2D eigenvalue weighted by molar-refractivity contribution is -0.121. The van der Waals surface area contributed by atoms with Gasteiger partial charge in [0.15, 0.2) is 0 Å². The van der Waals surface area contributed by atoms with Crippen molar-refractivity contribution in [3.05, 3.63) is 30.6 Å². The standard InChI is InChI=1S/C25H32F2N4O4/c1-16-13-30(23(33)34)21-11-18(19-12-28-29(14-19)15-24(2,3)35)4-5-20(21)31(16)22(32)10-17-6-8-25(26,27)9-7-17/h4-5,11-12,14,16-17,35H,6-10,13,15H2,1-3H3,(H,33,34)/t16-/m0/s1. The molecule has 190 valence electrons. The Hall–Kier alpha value is -3.01. The molecule has 1 aromatic carbocycles. The third-order valence-corrected chi connectivity index (χ3v) is 6.73. The van der Waals surface area contributed by atoms with Gasteiger partial charge in [0.25, 0.3) is 0 Å². The van der Waals surface area contributed by atoms with Crippen LogP contribution in [-0.2, 0) is 11.3 Å². The van der Waals surface area contributed by atoms with Crippen LogP contribution in [0.3, 0.4) is 0 Å². The molecule has 0 bridgehead atoms. The van der Waals surface area contributed by atoms with Crippen molar-refractivity contribution in [2.45, 2.75) is 77.0 Å². The lowest BCUT2D eigenvalue weighted by Crippen LogP contribution is -2.52. The molecular formula is C25H32F2N4O4. The first-order valence-electron chi connectivity index (χ1n) is 11.9. The van der Waals surface area contributed by atoms with Gasteiger partial charge in [0, 0.05) is 37.6 Å². The number of hydrogen-bond acceptors (Lipinski definition) is 4. The van der Waals surface area contributed by atoms with E-state index in [2.05, 4.69) is 5.10 Å². The fourth-order valence-electron chi connectivity index (χ4n) is 5.01. The molecule has 1 atom stereocenters. The first-order valence-corrected chi connectivity index (χ1v) is 11.9. The van der Waals surface area contributed by atoms with Crippen LogP contribution >= 0.6 is 0 Å². The molecule has 1 aromatic heterocycles. The van der Waals surface area contributed by atoms with E-state index in [4.69, 9.17) is 0 Å². The highest BCUT2D eigenvalue weighted by Crippen LogP contribution is 2.41. The summed E-state index contributed by atoms with van der Waals surface area (Å²) in [4.78, 5) is 28.2. The van der Waals surface area contributed by atoms with Crippen molar-refractivity contribution in [1.82, 2.24) is 9.78 Å². The Morgan fingerprint density at radius 3 is 2.49 bits per heavy atom. The van der Waals surface area contributed by atoms with Crippen LogP contribution in [0.5, 0.6) is 0 Å². The van der Waals surface area contributed by atoms with Gasteiger partial charge in [-0.1, -0.05) is 6.07 Å². The van der Waals surface area contributed by atoms with Crippen molar-refractivity contribution in [2.75, 3.05) is 16.3 Å². The van der Waals surface area contributed by atoms with Gasteiger partial charge in [-0.2, -0.15) is 5.10 Å². The summed E-state index contributed by atoms with van der Waals surface area (Å²) in [5.74, 6) is -2.93. The molecular weight excluding hydrogens is 458 g/mol. The zero-order valence-electron chi connectivity index (χ0n) is 20.2. The number of alkyl halides is 2. The van der Waals surface area contributed by atoms with E-state index in [0.717, 1.165) is 11.1 Å². The average molecular weight is 491 g/mol. The van der Waals surface area contributed by atoms with E-state index in [9.17, 15) is 28.6 Å². The van der Waals surface area contributed by atoms with Crippen molar-refractivity contribution in [2.24, 2.45) is 5.92 Å². The van der Waals surface area contributed by atoms with E-state index in [1.165, 1.54) is 4.90 Å². The Bertz CT molecular complexity index is 1100. The fraction of sp³-hybridized carbons (Fsp3) is 0.560. The van der Waals surface area contributed by atoms with E-state index in [-0.39, 0.29) is 37.6 Å². The third-order valence-electron chi connectivity index (χ3n) is 6.73. The van der Waals surface area contributed by atoms with Gasteiger partial charge >= 0.3 is 6.09 Å². The molecule has 2 heterocycles. The topological polar surface area (TPSA) is 98.9 Å². The zero-order chi connectivity index (χ0) is 25.5. The Balaban J connectivity index is 1.61. The van der Waals surface area contributed by atoms with E-state index in [1.807, 2.05) is 6.07 Å². The molecule has 0 saturated heterocycles. The molecule has 2 aromatic rings. The summed E-state index contributed by atoms with van der Waals surface area (Å²) in [5, 5.41) is 24.2. The predicted molar refractivity (Wildman–Crippen MR) is 128 cm³/mol. The second kappa shape index (κ2) is 9.22. The quantitative estimate of drug-likeness (QED) is 0.630. The molecule has 1 aliphatic heterocycles. The van der Waals surface area contributed by atoms with E-state index >= 15 is 0 Å². The van der Waals surface area contributed by atoms with Crippen molar-refractivity contribution in [1.29, 1.82) is 0 Å². The number of fused-ring (bicyclic) bond motifs is 1. The minimum atomic E-state index is -2.65. The summed E-state index contributed by atoms with van der Waals surface area (Å²) in [7, 11) is 0. The molecule has 2 N–H and O–H groups in total. The van der Waals surface area contributed by atoms with Gasteiger partial charge in [0.05, 0.1) is 35.8 Å². The van der Waals surface area contributed by atoms with Crippen LogP contribution in [0, 0.1) is 5.92 Å². The maximum Gasteiger partial charge on any atom is 0.411 e. The average Bonchev–Trinajstić information content (AvgIpc) is 3.20. The number of benzene rings is 1. The summed E-state index contributed by atoms with van der Waals surface area (Å²) in [6.07, 6.45) is 2.69. The third kappa shape index (κ3) is 5.63. The highest BCUT2D eigenvalue weighted by molar-refractivity contribution is 6.03. The van der Waals surface area contributed by atoms with Crippen LogP contribution in [0.1, 0.15) is 52.9 Å². The van der Waals surface area contributed by atoms with Crippen LogP contribution in [0.15, 0.2) is 30.6 Å². The van der Waals surface area contributed by atoms with Crippen LogP contribution in [0.2, 0.25) is 0 Å². The number of nitrogens with zero attached hydrogens (tertiary/aromatic N) is 4. The number of rotatable bonds is 5. The van der Waals surface area contributed by atoms with Gasteiger partial charge in [-0.25, -0.2) is 13.6 Å². The van der Waals surface area contributed by atoms with Gasteiger partial charge in [-0.3, -0.25) is 14.4 Å². The molecule has 0 radical (unpaired) electrons. The summed E-state index contributed by atoms with van der Waals surface area (Å²) in [6.45, 7) is 5.57. The van der Waals surface area contributed by atoms with E-state index in [0.29, 0.717) is 30.8 Å². The van der Waals surface area contributed by atoms with Crippen molar-refractivity contribution in [3.63, 3.8) is 0 Å². The van der Waals surface area contributed by atoms with Crippen LogP contribution < -0.4 is 9.80 Å². The molecule has 1 aliphatic carbocycles. The number of aromatic nitrogens is 2. The minimum absolute atomic E-state index is 0.101. The summed E-state index contributed by atoms with van der Waals surface area (Å²) in [5.41, 5.74) is 1.43. The van der Waals surface area contributed by atoms with Crippen LogP contribution in [0.4, 0.5) is 25.0 Å². The smallest absolute Gasteiger partial charge is 0.411 e. The molecule has 1 saturated carbocycles. The predicted octanol–water partition coefficient (Wildman–Crippen LogP) is 4.76. The number of aliphatic hydroxyl groups is 1. The first-order chi connectivity index (χ1) is 16.3. The molecule has 1 fully saturated rings. The summed E-state index contributed by atoms with van der Waals surface area (Å²) < 4.78 is 28.7. The SMILES string of the molecule is C[C@H]1CN(C(=O)O)c2cc(-c3cnn(CC(C)(C)O)c3)ccc2N1C(=O)CC1CCC(F)(F)CC1. The van der Waals surface area contributed by atoms with Crippen molar-refractivity contribution < 1.29 is 28.6 Å². The largest absolute Gasteiger partial charge is 0.465 e. The number of carbonyl (C=O) groups excluding carboxylic acids is 1. The monoisotopic (exact) mass is 490 g/mol. The normalized spacial score (nSPS) is 20.6. The second-order valence-electron chi connectivity index (χ2n) is 10.5. The Kier molecular flexibility index (Phi) is 6.61. The van der Waals surface area contributed by atoms with Gasteiger partial charge < -0.3 is 15.1 Å². The summed E-state index contributed by atoms with van der Waals surface area (Å²) in [6, 6.07) is 4.87. The van der Waals surface area contributed by atoms with Gasteiger partial charge in [-0.15, -0.1) is 0 Å². The zero-order valence-corrected chi connectivity index (χ0v) is 20.2. The van der Waals surface area contributed by atoms with Gasteiger partial charge in [0.2, 0.25) is 11.8 Å². The molecule has 35 heavy (non-hydrogen) atoms. The maximum absolute atomic E-state index is 13.5. The number of amides is 2. The maximum atomic E-state index is 13.5. The minimum Gasteiger partial charge on any atom is -0.465 e. The van der Waals surface area contributed by atoms with Crippen LogP contribution in [0.25, 0.3) is 11.1 Å². The fourth-order valence-corrected chi connectivity index (χ4v) is 5.01. The van der Waals surface area contributed by atoms with Gasteiger partial charge in [-0.05, 0) is 57.2 Å². The first kappa shape index (κ1) is 25.1. The molecule has 2 aliphatic rings. The Morgan fingerprint density at radius 1 is 1.17 bits per heavy atom. The number of carboxylic acid groups (broad SMARTS) is 1. The second-order valence-corrected chi connectivity index (χ2v) is 10.5. The van der Waals surface area contributed by atoms with E-state index < -0.39 is 23.7 Å². The molecule has 10 heteroatoms. The highest BCUT2D eigenvalue weighted by atomic mass is 19.3. The lowest BCUT2D eigenvalue weighted by Gasteiger charge is -2.41. The Morgan fingerprint density at radius 2 is 1.86 bits per heavy atom. The van der Waals surface area contributed by atoms with E-state index in [1.54, 1.807) is 54.9 Å². The molecule has 2 amide bonds. The molecule has 4 rings (SSSR count). The Labute approximate surface area is 203 Å². The molecule has 8 nitrogen and oxygen atoms in total. The highest BCUT2D eigenvalue weighted by Gasteiger charge is 2.39. The number of anilines is 2. The van der Waals surface area contributed by atoms with Crippen molar-refractivity contribution in [3.8, 4) is 11.1 Å². The summed E-state index contributed by atoms with van der Waals surface area (Å²) >= 11 is 0.